The summed E-state index contributed by atoms with van der Waals surface area (Å²) in [4.78, 5) is 24.9. The Morgan fingerprint density at radius 2 is 2.00 bits per heavy atom. The van der Waals surface area contributed by atoms with E-state index in [0.29, 0.717) is 31.4 Å². The second-order valence-corrected chi connectivity index (χ2v) is 9.60. The minimum atomic E-state index is -3.56. The fraction of sp³-hybridized carbons (Fsp3) is 0.333. The van der Waals surface area contributed by atoms with Crippen LogP contribution in [-0.2, 0) is 16.6 Å². The highest BCUT2D eigenvalue weighted by Crippen LogP contribution is 2.23. The zero-order chi connectivity index (χ0) is 21.8. The van der Waals surface area contributed by atoms with Gasteiger partial charge in [0.05, 0.1) is 0 Å². The van der Waals surface area contributed by atoms with Crippen molar-refractivity contribution in [2.45, 2.75) is 31.2 Å². The molecule has 1 amide bonds. The normalized spacial score (nSPS) is 17.4. The number of sulfonamides is 1. The van der Waals surface area contributed by atoms with Crippen LogP contribution in [0.15, 0.2) is 60.3 Å². The van der Waals surface area contributed by atoms with E-state index in [0.717, 1.165) is 18.4 Å². The molecule has 1 fully saturated rings. The number of rotatable bonds is 6. The van der Waals surface area contributed by atoms with E-state index in [1.807, 2.05) is 12.1 Å². The quantitative estimate of drug-likeness (QED) is 0.628. The highest BCUT2D eigenvalue weighted by Gasteiger charge is 2.28. The molecule has 1 aliphatic heterocycles. The second-order valence-electron chi connectivity index (χ2n) is 7.67. The Bertz CT molecular complexity index is 1150. The minimum Gasteiger partial charge on any atom is -0.347 e. The van der Waals surface area contributed by atoms with Crippen molar-refractivity contribution in [1.29, 1.82) is 0 Å². The van der Waals surface area contributed by atoms with E-state index in [4.69, 9.17) is 0 Å². The van der Waals surface area contributed by atoms with Crippen molar-refractivity contribution in [2.75, 3.05) is 13.1 Å². The van der Waals surface area contributed by atoms with Crippen molar-refractivity contribution in [3.8, 4) is 5.82 Å². The van der Waals surface area contributed by atoms with E-state index >= 15 is 0 Å². The van der Waals surface area contributed by atoms with Gasteiger partial charge in [0.15, 0.2) is 0 Å². The molecule has 0 radical (unpaired) electrons. The molecule has 9 nitrogen and oxygen atoms in total. The monoisotopic (exact) mass is 440 g/mol. The van der Waals surface area contributed by atoms with Gasteiger partial charge in [0.25, 0.3) is 5.91 Å². The lowest BCUT2D eigenvalue weighted by Crippen LogP contribution is -2.39. The molecule has 3 aromatic heterocycles. The van der Waals surface area contributed by atoms with Gasteiger partial charge >= 0.3 is 0 Å². The number of pyridine rings is 2. The molecule has 1 unspecified atom stereocenters. The molecule has 1 atom stereocenters. The number of hydrogen-bond donors (Lipinski definition) is 1. The van der Waals surface area contributed by atoms with Crippen molar-refractivity contribution in [3.63, 3.8) is 0 Å². The van der Waals surface area contributed by atoms with Gasteiger partial charge in [-0.15, -0.1) is 0 Å². The zero-order valence-electron chi connectivity index (χ0n) is 17.2. The topological polar surface area (TPSA) is 110 Å². The van der Waals surface area contributed by atoms with Crippen molar-refractivity contribution >= 4 is 15.9 Å². The molecule has 3 aromatic rings. The molecule has 0 aromatic carbocycles. The third-order valence-corrected chi connectivity index (χ3v) is 7.11. The van der Waals surface area contributed by atoms with E-state index in [1.54, 1.807) is 35.3 Å². The average molecular weight is 441 g/mol. The van der Waals surface area contributed by atoms with E-state index in [-0.39, 0.29) is 16.5 Å². The number of piperidine rings is 1. The summed E-state index contributed by atoms with van der Waals surface area (Å²) in [6, 6.07) is 6.80. The van der Waals surface area contributed by atoms with Gasteiger partial charge in [-0.25, -0.2) is 18.4 Å². The van der Waals surface area contributed by atoms with Crippen molar-refractivity contribution in [2.24, 2.45) is 5.92 Å². The third kappa shape index (κ3) is 4.80. The molecule has 0 aliphatic carbocycles. The minimum absolute atomic E-state index is 0.167. The number of hydrogen-bond acceptors (Lipinski definition) is 6. The summed E-state index contributed by atoms with van der Waals surface area (Å²) in [5.74, 6) is 0.519. The first-order chi connectivity index (χ1) is 14.9. The first-order valence-corrected chi connectivity index (χ1v) is 11.5. The predicted molar refractivity (Wildman–Crippen MR) is 114 cm³/mol. The van der Waals surface area contributed by atoms with Crippen LogP contribution in [0.1, 0.15) is 35.8 Å². The van der Waals surface area contributed by atoms with Gasteiger partial charge in [0, 0.05) is 44.4 Å². The number of amides is 1. The Morgan fingerprint density at radius 3 is 2.71 bits per heavy atom. The number of nitrogens with zero attached hydrogens (tertiary/aromatic N) is 5. The fourth-order valence-corrected chi connectivity index (χ4v) is 5.07. The summed E-state index contributed by atoms with van der Waals surface area (Å²) < 4.78 is 28.9. The van der Waals surface area contributed by atoms with Gasteiger partial charge in [0.1, 0.15) is 22.7 Å². The Balaban J connectivity index is 1.44. The maximum absolute atomic E-state index is 12.9. The summed E-state index contributed by atoms with van der Waals surface area (Å²) in [7, 11) is -3.56. The molecule has 162 valence electrons. The highest BCUT2D eigenvalue weighted by molar-refractivity contribution is 7.89. The fourth-order valence-electron chi connectivity index (χ4n) is 3.53. The molecule has 31 heavy (non-hydrogen) atoms. The Labute approximate surface area is 181 Å². The molecule has 0 bridgehead atoms. The first kappa shape index (κ1) is 21.1. The molecular weight excluding hydrogens is 416 g/mol. The molecule has 10 heteroatoms. The van der Waals surface area contributed by atoms with Crippen LogP contribution >= 0.6 is 0 Å². The van der Waals surface area contributed by atoms with Crippen LogP contribution in [0.5, 0.6) is 0 Å². The van der Waals surface area contributed by atoms with Gasteiger partial charge in [-0.3, -0.25) is 14.3 Å². The highest BCUT2D eigenvalue weighted by atomic mass is 32.2. The molecule has 4 rings (SSSR count). The molecule has 4 heterocycles. The van der Waals surface area contributed by atoms with Crippen molar-refractivity contribution in [1.82, 2.24) is 29.1 Å². The number of nitrogens with one attached hydrogen (secondary N) is 1. The zero-order valence-corrected chi connectivity index (χ0v) is 18.0. The van der Waals surface area contributed by atoms with Gasteiger partial charge in [0.2, 0.25) is 10.0 Å². The number of imidazole rings is 1. The lowest BCUT2D eigenvalue weighted by molar-refractivity contribution is 0.0946. The Hall–Kier alpha value is -3.11. The van der Waals surface area contributed by atoms with E-state index in [9.17, 15) is 13.2 Å². The van der Waals surface area contributed by atoms with Crippen LogP contribution in [0.3, 0.4) is 0 Å². The van der Waals surface area contributed by atoms with Crippen molar-refractivity contribution < 1.29 is 13.2 Å². The van der Waals surface area contributed by atoms with Gasteiger partial charge in [-0.1, -0.05) is 6.92 Å². The average Bonchev–Trinajstić information content (AvgIpc) is 3.29. The second kappa shape index (κ2) is 8.94. The largest absolute Gasteiger partial charge is 0.347 e. The molecule has 1 N–H and O–H groups in total. The van der Waals surface area contributed by atoms with Crippen molar-refractivity contribution in [3.05, 3.63) is 66.6 Å². The number of aromatic nitrogens is 4. The summed E-state index contributed by atoms with van der Waals surface area (Å²) >= 11 is 0. The summed E-state index contributed by atoms with van der Waals surface area (Å²) in [6.07, 6.45) is 9.63. The number of carbonyl (C=O) groups excluding carboxylic acids is 1. The molecule has 1 saturated heterocycles. The summed E-state index contributed by atoms with van der Waals surface area (Å²) in [5, 5.41) is 2.80. The van der Waals surface area contributed by atoms with E-state index in [2.05, 4.69) is 27.2 Å². The third-order valence-electron chi connectivity index (χ3n) is 5.26. The van der Waals surface area contributed by atoms with Crippen LogP contribution in [0.4, 0.5) is 0 Å². The van der Waals surface area contributed by atoms with Gasteiger partial charge < -0.3 is 5.32 Å². The molecule has 0 spiro atoms. The molecular formula is C21H24N6O3S. The standard InChI is InChI=1S/C21H24N6O3S/c1-16-3-2-10-27(13-16)31(29,30)18-4-5-20(23-12-18)26-14-19(25-15-26)21(28)24-11-17-6-8-22-9-7-17/h4-9,12,14-16H,2-3,10-11,13H2,1H3,(H,24,28). The van der Waals surface area contributed by atoms with Crippen LogP contribution in [0, 0.1) is 5.92 Å². The Kier molecular flexibility index (Phi) is 6.10. The SMILES string of the molecule is CC1CCCN(S(=O)(=O)c2ccc(-n3cnc(C(=O)NCc4ccncc4)c3)nc2)C1. The van der Waals surface area contributed by atoms with Gasteiger partial charge in [-0.05, 0) is 48.6 Å². The van der Waals surface area contributed by atoms with E-state index < -0.39 is 10.0 Å². The lowest BCUT2D eigenvalue weighted by atomic mass is 10.0. The maximum Gasteiger partial charge on any atom is 0.271 e. The van der Waals surface area contributed by atoms with Gasteiger partial charge in [-0.2, -0.15) is 4.31 Å². The molecule has 1 aliphatic rings. The Morgan fingerprint density at radius 1 is 1.19 bits per heavy atom. The van der Waals surface area contributed by atoms with Crippen LogP contribution < -0.4 is 5.32 Å². The summed E-state index contributed by atoms with van der Waals surface area (Å²) in [6.45, 7) is 3.50. The smallest absolute Gasteiger partial charge is 0.271 e. The van der Waals surface area contributed by atoms with Crippen LogP contribution in [-0.4, -0.2) is 51.2 Å². The maximum atomic E-state index is 12.9. The van der Waals surface area contributed by atoms with Crippen LogP contribution in [0.25, 0.3) is 5.82 Å². The predicted octanol–water partition coefficient (Wildman–Crippen LogP) is 2.01. The molecule has 0 saturated carbocycles. The first-order valence-electron chi connectivity index (χ1n) is 10.1. The lowest BCUT2D eigenvalue weighted by Gasteiger charge is -2.29. The summed E-state index contributed by atoms with van der Waals surface area (Å²) in [5.41, 5.74) is 1.18. The van der Waals surface area contributed by atoms with E-state index in [1.165, 1.54) is 16.8 Å². The number of carbonyl (C=O) groups is 1. The van der Waals surface area contributed by atoms with Crippen LogP contribution in [0.2, 0.25) is 0 Å².